The Hall–Kier alpha value is -1.41. The SMILES string of the molecule is C[C@H](N)Cc1cc2c(NCc3nccs3)nc(Cl)nc2[nH]1.Cl. The highest BCUT2D eigenvalue weighted by molar-refractivity contribution is 7.09. The number of anilines is 1. The minimum Gasteiger partial charge on any atom is -0.363 e. The molecule has 0 saturated heterocycles. The summed E-state index contributed by atoms with van der Waals surface area (Å²) in [6, 6.07) is 2.09. The molecule has 0 aliphatic rings. The lowest BCUT2D eigenvalue weighted by atomic mass is 10.2. The first-order valence-corrected chi connectivity index (χ1v) is 7.80. The van der Waals surface area contributed by atoms with E-state index in [-0.39, 0.29) is 23.7 Å². The largest absolute Gasteiger partial charge is 0.363 e. The fourth-order valence-corrected chi connectivity index (χ4v) is 2.85. The molecule has 0 amide bonds. The number of nitrogens with two attached hydrogens (primary N) is 1. The number of nitrogens with zero attached hydrogens (tertiary/aromatic N) is 3. The summed E-state index contributed by atoms with van der Waals surface area (Å²) < 4.78 is 0. The van der Waals surface area contributed by atoms with E-state index >= 15 is 0 Å². The van der Waals surface area contributed by atoms with Crippen molar-refractivity contribution in [2.75, 3.05) is 5.32 Å². The lowest BCUT2D eigenvalue weighted by Gasteiger charge is -2.04. The van der Waals surface area contributed by atoms with Crippen molar-refractivity contribution < 1.29 is 0 Å². The fraction of sp³-hybridized carbons (Fsp3) is 0.308. The van der Waals surface area contributed by atoms with Crippen molar-refractivity contribution in [3.8, 4) is 0 Å². The van der Waals surface area contributed by atoms with E-state index in [2.05, 4.69) is 25.3 Å². The average molecular weight is 359 g/mol. The van der Waals surface area contributed by atoms with Gasteiger partial charge in [-0.3, -0.25) is 0 Å². The van der Waals surface area contributed by atoms with Gasteiger partial charge in [0.2, 0.25) is 5.28 Å². The molecule has 3 aromatic heterocycles. The summed E-state index contributed by atoms with van der Waals surface area (Å²) in [6.07, 6.45) is 2.53. The Morgan fingerprint density at radius 3 is 2.95 bits per heavy atom. The Morgan fingerprint density at radius 2 is 2.27 bits per heavy atom. The standard InChI is InChI=1S/C13H15ClN6S.ClH/c1-7(15)4-8-5-9-11(17-6-10-16-2-3-21-10)19-13(14)20-12(9)18-8;/h2-3,5,7H,4,6,15H2,1H3,(H2,17,18,19,20);1H/t7-;/m0./s1. The van der Waals surface area contributed by atoms with Gasteiger partial charge in [0.1, 0.15) is 16.5 Å². The first kappa shape index (κ1) is 17.0. The minimum atomic E-state index is 0. The van der Waals surface area contributed by atoms with Crippen LogP contribution in [0.3, 0.4) is 0 Å². The molecule has 118 valence electrons. The third-order valence-corrected chi connectivity index (χ3v) is 3.90. The monoisotopic (exact) mass is 358 g/mol. The summed E-state index contributed by atoms with van der Waals surface area (Å²) in [5.74, 6) is 0.701. The lowest BCUT2D eigenvalue weighted by molar-refractivity contribution is 0.726. The van der Waals surface area contributed by atoms with Crippen LogP contribution in [-0.2, 0) is 13.0 Å². The topological polar surface area (TPSA) is 92.5 Å². The number of hydrogen-bond donors (Lipinski definition) is 3. The van der Waals surface area contributed by atoms with E-state index in [4.69, 9.17) is 17.3 Å². The molecule has 0 saturated carbocycles. The van der Waals surface area contributed by atoms with E-state index < -0.39 is 0 Å². The van der Waals surface area contributed by atoms with Crippen molar-refractivity contribution in [2.24, 2.45) is 5.73 Å². The molecule has 22 heavy (non-hydrogen) atoms. The highest BCUT2D eigenvalue weighted by Gasteiger charge is 2.11. The number of H-pyrrole nitrogens is 1. The van der Waals surface area contributed by atoms with Crippen LogP contribution >= 0.6 is 35.3 Å². The molecule has 0 radical (unpaired) electrons. The third kappa shape index (κ3) is 3.86. The van der Waals surface area contributed by atoms with Gasteiger partial charge < -0.3 is 16.0 Å². The zero-order chi connectivity index (χ0) is 14.8. The first-order chi connectivity index (χ1) is 10.1. The zero-order valence-electron chi connectivity index (χ0n) is 11.8. The van der Waals surface area contributed by atoms with Gasteiger partial charge in [0.05, 0.1) is 11.9 Å². The summed E-state index contributed by atoms with van der Waals surface area (Å²) in [5.41, 5.74) is 7.57. The molecule has 0 aliphatic heterocycles. The second-order valence-corrected chi connectivity index (χ2v) is 6.18. The van der Waals surface area contributed by atoms with Crippen LogP contribution in [0.25, 0.3) is 11.0 Å². The van der Waals surface area contributed by atoms with Crippen molar-refractivity contribution in [1.82, 2.24) is 19.9 Å². The van der Waals surface area contributed by atoms with Gasteiger partial charge in [0.25, 0.3) is 0 Å². The number of hydrogen-bond acceptors (Lipinski definition) is 6. The first-order valence-electron chi connectivity index (χ1n) is 6.55. The van der Waals surface area contributed by atoms with Crippen molar-refractivity contribution >= 4 is 52.2 Å². The minimum absolute atomic E-state index is 0. The Balaban J connectivity index is 0.00000176. The Morgan fingerprint density at radius 1 is 1.45 bits per heavy atom. The van der Waals surface area contributed by atoms with Crippen LogP contribution in [0.4, 0.5) is 5.82 Å². The van der Waals surface area contributed by atoms with Gasteiger partial charge in [-0.1, -0.05) is 0 Å². The fourth-order valence-electron chi connectivity index (χ4n) is 2.13. The van der Waals surface area contributed by atoms with Crippen molar-refractivity contribution in [2.45, 2.75) is 25.9 Å². The average Bonchev–Trinajstić information content (AvgIpc) is 3.03. The predicted molar refractivity (Wildman–Crippen MR) is 92.9 cm³/mol. The second-order valence-electron chi connectivity index (χ2n) is 4.86. The second kappa shape index (κ2) is 7.23. The molecular formula is C13H16Cl2N6S. The van der Waals surface area contributed by atoms with E-state index in [0.29, 0.717) is 18.0 Å². The molecular weight excluding hydrogens is 343 g/mol. The maximum absolute atomic E-state index is 5.98. The number of thiazole rings is 1. The molecule has 9 heteroatoms. The van der Waals surface area contributed by atoms with Crippen LogP contribution in [0.5, 0.6) is 0 Å². The van der Waals surface area contributed by atoms with E-state index in [1.807, 2.05) is 18.4 Å². The molecule has 6 nitrogen and oxygen atoms in total. The van der Waals surface area contributed by atoms with E-state index in [9.17, 15) is 0 Å². The van der Waals surface area contributed by atoms with Crippen LogP contribution in [0, 0.1) is 0 Å². The maximum atomic E-state index is 5.98. The summed E-state index contributed by atoms with van der Waals surface area (Å²) >= 11 is 7.57. The van der Waals surface area contributed by atoms with Crippen LogP contribution in [0.15, 0.2) is 17.6 Å². The summed E-state index contributed by atoms with van der Waals surface area (Å²) in [4.78, 5) is 15.9. The van der Waals surface area contributed by atoms with Crippen LogP contribution in [-0.4, -0.2) is 26.0 Å². The Bertz CT molecular complexity index is 740. The van der Waals surface area contributed by atoms with Crippen molar-refractivity contribution in [1.29, 1.82) is 0 Å². The molecule has 0 unspecified atom stereocenters. The normalized spacial score (nSPS) is 12.1. The molecule has 3 rings (SSSR count). The van der Waals surface area contributed by atoms with Gasteiger partial charge in [0.15, 0.2) is 0 Å². The van der Waals surface area contributed by atoms with E-state index in [1.54, 1.807) is 17.5 Å². The molecule has 3 aromatic rings. The van der Waals surface area contributed by atoms with Crippen LogP contribution in [0.2, 0.25) is 5.28 Å². The quantitative estimate of drug-likeness (QED) is 0.609. The van der Waals surface area contributed by atoms with E-state index in [1.165, 1.54) is 0 Å². The molecule has 4 N–H and O–H groups in total. The van der Waals surface area contributed by atoms with E-state index in [0.717, 1.165) is 22.5 Å². The molecule has 0 spiro atoms. The highest BCUT2D eigenvalue weighted by Crippen LogP contribution is 2.24. The number of aromatic amines is 1. The number of nitrogens with one attached hydrogen (secondary N) is 2. The molecule has 0 aromatic carbocycles. The number of aromatic nitrogens is 4. The smallest absolute Gasteiger partial charge is 0.226 e. The molecule has 0 aliphatic carbocycles. The summed E-state index contributed by atoms with van der Waals surface area (Å²) in [7, 11) is 0. The summed E-state index contributed by atoms with van der Waals surface area (Å²) in [6.45, 7) is 2.57. The van der Waals surface area contributed by atoms with Gasteiger partial charge in [0, 0.05) is 29.7 Å². The van der Waals surface area contributed by atoms with Crippen molar-refractivity contribution in [3.63, 3.8) is 0 Å². The Kier molecular flexibility index (Phi) is 5.57. The summed E-state index contributed by atoms with van der Waals surface area (Å²) in [5, 5.41) is 7.31. The van der Waals surface area contributed by atoms with Crippen LogP contribution < -0.4 is 11.1 Å². The van der Waals surface area contributed by atoms with Gasteiger partial charge in [-0.2, -0.15) is 4.98 Å². The van der Waals surface area contributed by atoms with Crippen molar-refractivity contribution in [3.05, 3.63) is 33.6 Å². The highest BCUT2D eigenvalue weighted by atomic mass is 35.5. The van der Waals surface area contributed by atoms with Gasteiger partial charge in [-0.05, 0) is 24.6 Å². The predicted octanol–water partition coefficient (Wildman–Crippen LogP) is 2.99. The molecule has 1 atom stereocenters. The molecule has 3 heterocycles. The van der Waals surface area contributed by atoms with Gasteiger partial charge >= 0.3 is 0 Å². The van der Waals surface area contributed by atoms with Crippen LogP contribution in [0.1, 0.15) is 17.6 Å². The molecule has 0 bridgehead atoms. The van der Waals surface area contributed by atoms with Gasteiger partial charge in [-0.15, -0.1) is 23.7 Å². The zero-order valence-corrected chi connectivity index (χ0v) is 14.2. The Labute approximate surface area is 142 Å². The third-order valence-electron chi connectivity index (χ3n) is 2.95. The lowest BCUT2D eigenvalue weighted by Crippen LogP contribution is -2.17. The maximum Gasteiger partial charge on any atom is 0.226 e. The van der Waals surface area contributed by atoms with Gasteiger partial charge in [-0.25, -0.2) is 9.97 Å². The number of halogens is 2. The number of rotatable bonds is 5. The number of fused-ring (bicyclic) bond motifs is 1. The molecule has 0 fully saturated rings.